The van der Waals surface area contributed by atoms with Crippen LogP contribution in [-0.4, -0.2) is 26.7 Å². The molecule has 0 aliphatic rings. The summed E-state index contributed by atoms with van der Waals surface area (Å²) < 4.78 is 9.59. The number of hydrogen-bond acceptors (Lipinski definition) is 4. The molecule has 0 radical (unpaired) electrons. The number of carbonyl (C=O) groups is 1. The van der Waals surface area contributed by atoms with Crippen LogP contribution in [-0.2, 0) is 9.53 Å². The first-order valence-electron chi connectivity index (χ1n) is 4.81. The quantitative estimate of drug-likeness (QED) is 0.807. The van der Waals surface area contributed by atoms with Gasteiger partial charge in [0.25, 0.3) is 0 Å². The smallest absolute Gasteiger partial charge is 0.307 e. The molecule has 0 saturated heterocycles. The maximum atomic E-state index is 10.9. The van der Waals surface area contributed by atoms with Crippen molar-refractivity contribution in [1.82, 2.24) is 0 Å². The summed E-state index contributed by atoms with van der Waals surface area (Å²) in [7, 11) is 2.95. The van der Waals surface area contributed by atoms with E-state index in [0.29, 0.717) is 23.7 Å². The lowest BCUT2D eigenvalue weighted by atomic mass is 10.3. The zero-order chi connectivity index (χ0) is 12.0. The van der Waals surface area contributed by atoms with Gasteiger partial charge in [-0.2, -0.15) is 0 Å². The highest BCUT2D eigenvalue weighted by atomic mass is 35.5. The van der Waals surface area contributed by atoms with Gasteiger partial charge in [0.2, 0.25) is 0 Å². The molecule has 1 aromatic carbocycles. The summed E-state index contributed by atoms with van der Waals surface area (Å²) in [5.41, 5.74) is 0.741. The highest BCUT2D eigenvalue weighted by molar-refractivity contribution is 6.33. The van der Waals surface area contributed by atoms with Gasteiger partial charge in [0, 0.05) is 12.6 Å². The second kappa shape index (κ2) is 6.23. The first-order chi connectivity index (χ1) is 7.67. The van der Waals surface area contributed by atoms with Crippen molar-refractivity contribution in [3.8, 4) is 5.75 Å². The normalized spacial score (nSPS) is 9.69. The lowest BCUT2D eigenvalue weighted by Gasteiger charge is -2.09. The minimum Gasteiger partial charge on any atom is -0.497 e. The van der Waals surface area contributed by atoms with E-state index in [1.54, 1.807) is 25.3 Å². The second-order valence-corrected chi connectivity index (χ2v) is 3.51. The number of carbonyl (C=O) groups excluding carboxylic acids is 1. The van der Waals surface area contributed by atoms with E-state index in [2.05, 4.69) is 10.1 Å². The Morgan fingerprint density at radius 2 is 2.19 bits per heavy atom. The van der Waals surface area contributed by atoms with Gasteiger partial charge in [-0.1, -0.05) is 11.6 Å². The van der Waals surface area contributed by atoms with Crippen LogP contribution in [0.25, 0.3) is 0 Å². The summed E-state index contributed by atoms with van der Waals surface area (Å²) in [6.45, 7) is 0.472. The van der Waals surface area contributed by atoms with E-state index in [4.69, 9.17) is 16.3 Å². The lowest BCUT2D eigenvalue weighted by molar-refractivity contribution is -0.140. The Morgan fingerprint density at radius 3 is 2.81 bits per heavy atom. The van der Waals surface area contributed by atoms with Crippen molar-refractivity contribution < 1.29 is 14.3 Å². The average Bonchev–Trinajstić information content (AvgIpc) is 2.31. The van der Waals surface area contributed by atoms with Crippen molar-refractivity contribution >= 4 is 23.3 Å². The van der Waals surface area contributed by atoms with Gasteiger partial charge < -0.3 is 14.8 Å². The number of halogens is 1. The number of ether oxygens (including phenoxy) is 2. The van der Waals surface area contributed by atoms with Crippen LogP contribution in [0.5, 0.6) is 5.75 Å². The molecule has 4 nitrogen and oxygen atoms in total. The Kier molecular flexibility index (Phi) is 4.92. The van der Waals surface area contributed by atoms with Crippen LogP contribution in [0.3, 0.4) is 0 Å². The summed E-state index contributed by atoms with van der Waals surface area (Å²) in [4.78, 5) is 10.9. The predicted molar refractivity (Wildman–Crippen MR) is 63.1 cm³/mol. The minimum atomic E-state index is -0.258. The molecule has 0 fully saturated rings. The fraction of sp³-hybridized carbons (Fsp3) is 0.364. The zero-order valence-corrected chi connectivity index (χ0v) is 10.0. The number of anilines is 1. The molecular formula is C11H14ClNO3. The van der Waals surface area contributed by atoms with E-state index in [1.807, 2.05) is 0 Å². The van der Waals surface area contributed by atoms with E-state index in [1.165, 1.54) is 7.11 Å². The highest BCUT2D eigenvalue weighted by Gasteiger charge is 2.03. The molecule has 0 aromatic heterocycles. The van der Waals surface area contributed by atoms with Crippen molar-refractivity contribution in [3.63, 3.8) is 0 Å². The monoisotopic (exact) mass is 243 g/mol. The van der Waals surface area contributed by atoms with Gasteiger partial charge in [-0.05, 0) is 12.1 Å². The Labute approximate surface area is 99.5 Å². The first-order valence-corrected chi connectivity index (χ1v) is 5.19. The molecule has 1 N–H and O–H groups in total. The number of rotatable bonds is 5. The molecule has 0 aliphatic carbocycles. The van der Waals surface area contributed by atoms with Crippen LogP contribution in [0.1, 0.15) is 6.42 Å². The van der Waals surface area contributed by atoms with Crippen molar-refractivity contribution in [2.75, 3.05) is 26.1 Å². The lowest BCUT2D eigenvalue weighted by Crippen LogP contribution is -2.09. The van der Waals surface area contributed by atoms with Crippen LogP contribution < -0.4 is 10.1 Å². The number of hydrogen-bond donors (Lipinski definition) is 1. The van der Waals surface area contributed by atoms with E-state index >= 15 is 0 Å². The molecule has 0 saturated carbocycles. The topological polar surface area (TPSA) is 47.6 Å². The van der Waals surface area contributed by atoms with Crippen LogP contribution >= 0.6 is 11.6 Å². The standard InChI is InChI=1S/C11H14ClNO3/c1-15-8-3-4-9(12)10(7-8)13-6-5-11(14)16-2/h3-4,7,13H,5-6H2,1-2H3. The molecule has 0 aliphatic heterocycles. The van der Waals surface area contributed by atoms with Gasteiger partial charge >= 0.3 is 5.97 Å². The second-order valence-electron chi connectivity index (χ2n) is 3.10. The van der Waals surface area contributed by atoms with E-state index in [9.17, 15) is 4.79 Å². The van der Waals surface area contributed by atoms with Gasteiger partial charge in [0.05, 0.1) is 31.4 Å². The van der Waals surface area contributed by atoms with Gasteiger partial charge in [-0.15, -0.1) is 0 Å². The first kappa shape index (κ1) is 12.6. The summed E-state index contributed by atoms with van der Waals surface area (Å²) in [5.74, 6) is 0.455. The number of esters is 1. The van der Waals surface area contributed by atoms with Gasteiger partial charge in [0.1, 0.15) is 5.75 Å². The zero-order valence-electron chi connectivity index (χ0n) is 9.25. The van der Waals surface area contributed by atoms with Crippen molar-refractivity contribution in [2.45, 2.75) is 6.42 Å². The molecular weight excluding hydrogens is 230 g/mol. The SMILES string of the molecule is COC(=O)CCNc1cc(OC)ccc1Cl. The third kappa shape index (κ3) is 3.62. The minimum absolute atomic E-state index is 0.258. The third-order valence-corrected chi connectivity index (χ3v) is 2.38. The maximum Gasteiger partial charge on any atom is 0.307 e. The fourth-order valence-electron chi connectivity index (χ4n) is 1.17. The summed E-state index contributed by atoms with van der Waals surface area (Å²) in [6, 6.07) is 5.29. The molecule has 0 heterocycles. The molecule has 0 spiro atoms. The Balaban J connectivity index is 2.55. The average molecular weight is 244 g/mol. The molecule has 16 heavy (non-hydrogen) atoms. The van der Waals surface area contributed by atoms with Crippen molar-refractivity contribution in [1.29, 1.82) is 0 Å². The van der Waals surface area contributed by atoms with Gasteiger partial charge in [-0.3, -0.25) is 4.79 Å². The molecule has 1 aromatic rings. The molecule has 1 rings (SSSR count). The van der Waals surface area contributed by atoms with Crippen LogP contribution in [0.2, 0.25) is 5.02 Å². The molecule has 0 bridgehead atoms. The fourth-order valence-corrected chi connectivity index (χ4v) is 1.35. The molecule has 0 unspecified atom stereocenters. The number of benzene rings is 1. The van der Waals surface area contributed by atoms with Crippen molar-refractivity contribution in [2.24, 2.45) is 0 Å². The largest absolute Gasteiger partial charge is 0.497 e. The summed E-state index contributed by atoms with van der Waals surface area (Å²) in [5, 5.41) is 3.63. The molecule has 5 heteroatoms. The summed E-state index contributed by atoms with van der Waals surface area (Å²) in [6.07, 6.45) is 0.296. The van der Waals surface area contributed by atoms with Crippen LogP contribution in [0.15, 0.2) is 18.2 Å². The van der Waals surface area contributed by atoms with Gasteiger partial charge in [-0.25, -0.2) is 0 Å². The predicted octanol–water partition coefficient (Wildman–Crippen LogP) is 2.32. The Bertz CT molecular complexity index is 368. The van der Waals surface area contributed by atoms with Gasteiger partial charge in [0.15, 0.2) is 0 Å². The number of methoxy groups -OCH3 is 2. The Hall–Kier alpha value is -1.42. The van der Waals surface area contributed by atoms with E-state index in [0.717, 1.165) is 5.69 Å². The Morgan fingerprint density at radius 1 is 1.44 bits per heavy atom. The van der Waals surface area contributed by atoms with Crippen LogP contribution in [0.4, 0.5) is 5.69 Å². The highest BCUT2D eigenvalue weighted by Crippen LogP contribution is 2.26. The molecule has 0 atom stereocenters. The van der Waals surface area contributed by atoms with E-state index in [-0.39, 0.29) is 5.97 Å². The van der Waals surface area contributed by atoms with E-state index < -0.39 is 0 Å². The maximum absolute atomic E-state index is 10.9. The summed E-state index contributed by atoms with van der Waals surface area (Å²) >= 11 is 5.97. The number of nitrogens with one attached hydrogen (secondary N) is 1. The third-order valence-electron chi connectivity index (χ3n) is 2.05. The molecule has 88 valence electrons. The van der Waals surface area contributed by atoms with Crippen molar-refractivity contribution in [3.05, 3.63) is 23.2 Å². The van der Waals surface area contributed by atoms with Crippen LogP contribution in [0, 0.1) is 0 Å². The molecule has 0 amide bonds.